The van der Waals surface area contributed by atoms with Crippen LogP contribution >= 0.6 is 44.1 Å². The van der Waals surface area contributed by atoms with E-state index in [0.29, 0.717) is 4.99 Å². The molecule has 0 unspecified atom stereocenters. The van der Waals surface area contributed by atoms with Crippen molar-refractivity contribution in [1.82, 2.24) is 0 Å². The molecule has 0 radical (unpaired) electrons. The van der Waals surface area contributed by atoms with E-state index in [1.807, 2.05) is 18.2 Å². The van der Waals surface area contributed by atoms with Gasteiger partial charge >= 0.3 is 0 Å². The lowest BCUT2D eigenvalue weighted by Gasteiger charge is -2.26. The topological polar surface area (TPSA) is 55.1 Å². The van der Waals surface area contributed by atoms with Gasteiger partial charge in [0.15, 0.2) is 0 Å². The second-order valence-electron chi connectivity index (χ2n) is 4.73. The largest absolute Gasteiger partial charge is 0.392 e. The molecule has 3 nitrogen and oxygen atoms in total. The average Bonchev–Trinajstić information content (AvgIpc) is 2.84. The maximum atomic E-state index is 12.5. The number of rotatable bonds is 3. The van der Waals surface area contributed by atoms with Crippen LogP contribution in [0, 0.1) is 5.41 Å². The minimum atomic E-state index is -0.683. The first-order chi connectivity index (χ1) is 8.95. The second-order valence-corrected chi connectivity index (χ2v) is 6.94. The van der Waals surface area contributed by atoms with Crippen molar-refractivity contribution >= 4 is 60.7 Å². The molecule has 0 aliphatic heterocycles. The number of nitrogens with two attached hydrogens (primary N) is 1. The van der Waals surface area contributed by atoms with E-state index in [2.05, 4.69) is 37.2 Å². The van der Waals surface area contributed by atoms with Gasteiger partial charge in [-0.25, -0.2) is 0 Å². The van der Waals surface area contributed by atoms with Crippen molar-refractivity contribution in [2.45, 2.75) is 25.7 Å². The van der Waals surface area contributed by atoms with Gasteiger partial charge in [-0.3, -0.25) is 4.79 Å². The Morgan fingerprint density at radius 2 is 1.95 bits per heavy atom. The molecule has 0 bridgehead atoms. The number of hydrogen-bond donors (Lipinski definition) is 2. The number of carbonyl (C=O) groups excluding carboxylic acids is 1. The summed E-state index contributed by atoms with van der Waals surface area (Å²) in [5.41, 5.74) is 5.85. The molecule has 0 saturated heterocycles. The molecule has 0 aromatic heterocycles. The molecule has 102 valence electrons. The van der Waals surface area contributed by atoms with E-state index in [-0.39, 0.29) is 5.91 Å². The summed E-state index contributed by atoms with van der Waals surface area (Å²) in [4.78, 5) is 12.8. The Labute approximate surface area is 134 Å². The molecule has 1 aliphatic rings. The van der Waals surface area contributed by atoms with E-state index in [4.69, 9.17) is 18.0 Å². The first kappa shape index (κ1) is 14.9. The predicted octanol–water partition coefficient (Wildman–Crippen LogP) is 4.00. The van der Waals surface area contributed by atoms with Gasteiger partial charge in [0, 0.05) is 8.95 Å². The zero-order chi connectivity index (χ0) is 14.0. The van der Waals surface area contributed by atoms with Crippen LogP contribution in [0.4, 0.5) is 5.69 Å². The summed E-state index contributed by atoms with van der Waals surface area (Å²) in [5, 5.41) is 2.93. The molecule has 1 amide bonds. The summed E-state index contributed by atoms with van der Waals surface area (Å²) >= 11 is 11.9. The van der Waals surface area contributed by atoms with Gasteiger partial charge in [0.1, 0.15) is 0 Å². The van der Waals surface area contributed by atoms with Gasteiger partial charge in [0.05, 0.1) is 16.1 Å². The zero-order valence-electron chi connectivity index (χ0n) is 10.2. The number of anilines is 1. The molecule has 2 rings (SSSR count). The van der Waals surface area contributed by atoms with Crippen molar-refractivity contribution in [3.63, 3.8) is 0 Å². The summed E-state index contributed by atoms with van der Waals surface area (Å²) in [5.74, 6) is -0.101. The molecule has 1 aromatic carbocycles. The van der Waals surface area contributed by atoms with Gasteiger partial charge in [-0.1, -0.05) is 41.0 Å². The van der Waals surface area contributed by atoms with Crippen molar-refractivity contribution in [3.05, 3.63) is 27.1 Å². The van der Waals surface area contributed by atoms with Gasteiger partial charge in [0.2, 0.25) is 5.91 Å². The van der Waals surface area contributed by atoms with Gasteiger partial charge < -0.3 is 11.1 Å². The smallest absolute Gasteiger partial charge is 0.237 e. The van der Waals surface area contributed by atoms with Crippen LogP contribution in [0.15, 0.2) is 27.1 Å². The maximum absolute atomic E-state index is 12.5. The zero-order valence-corrected chi connectivity index (χ0v) is 14.2. The lowest BCUT2D eigenvalue weighted by Crippen LogP contribution is -2.44. The standard InChI is InChI=1S/C13H14Br2N2OS/c14-8-3-4-9(15)10(7-8)17-12(18)13(11(16)19)5-1-2-6-13/h3-4,7H,1-2,5-6H2,(H2,16,19)(H,17,18). The summed E-state index contributed by atoms with van der Waals surface area (Å²) < 4.78 is 1.74. The molecule has 1 aliphatic carbocycles. The normalized spacial score (nSPS) is 17.2. The first-order valence-electron chi connectivity index (χ1n) is 6.02. The van der Waals surface area contributed by atoms with Crippen LogP contribution in [0.3, 0.4) is 0 Å². The lowest BCUT2D eigenvalue weighted by atomic mass is 9.85. The predicted molar refractivity (Wildman–Crippen MR) is 88.2 cm³/mol. The van der Waals surface area contributed by atoms with E-state index in [1.165, 1.54) is 0 Å². The third-order valence-corrected chi connectivity index (χ3v) is 5.12. The third kappa shape index (κ3) is 3.01. The van der Waals surface area contributed by atoms with Crippen molar-refractivity contribution < 1.29 is 4.79 Å². The van der Waals surface area contributed by atoms with Crippen molar-refractivity contribution in [2.75, 3.05) is 5.32 Å². The van der Waals surface area contributed by atoms with E-state index in [1.54, 1.807) is 0 Å². The quantitative estimate of drug-likeness (QED) is 0.747. The fraction of sp³-hybridized carbons (Fsp3) is 0.385. The Kier molecular flexibility index (Phi) is 4.63. The highest BCUT2D eigenvalue weighted by atomic mass is 79.9. The maximum Gasteiger partial charge on any atom is 0.237 e. The number of benzene rings is 1. The van der Waals surface area contributed by atoms with Crippen LogP contribution in [0.2, 0.25) is 0 Å². The molecular weight excluding hydrogens is 392 g/mol. The van der Waals surface area contributed by atoms with Crippen molar-refractivity contribution in [2.24, 2.45) is 11.1 Å². The molecule has 1 fully saturated rings. The summed E-state index contributed by atoms with van der Waals surface area (Å²) in [6, 6.07) is 5.63. The van der Waals surface area contributed by atoms with Gasteiger partial charge in [-0.15, -0.1) is 0 Å². The number of amides is 1. The van der Waals surface area contributed by atoms with Crippen molar-refractivity contribution in [3.8, 4) is 0 Å². The molecule has 6 heteroatoms. The molecular formula is C13H14Br2N2OS. The van der Waals surface area contributed by atoms with Crippen LogP contribution in [0.5, 0.6) is 0 Å². The molecule has 1 saturated carbocycles. The number of nitrogens with one attached hydrogen (secondary N) is 1. The fourth-order valence-corrected chi connectivity index (χ4v) is 3.40. The highest BCUT2D eigenvalue weighted by molar-refractivity contribution is 9.11. The van der Waals surface area contributed by atoms with Gasteiger partial charge in [-0.05, 0) is 47.0 Å². The van der Waals surface area contributed by atoms with Crippen LogP contribution in [-0.2, 0) is 4.79 Å². The van der Waals surface area contributed by atoms with Crippen LogP contribution < -0.4 is 11.1 Å². The number of hydrogen-bond acceptors (Lipinski definition) is 2. The third-order valence-electron chi connectivity index (χ3n) is 3.54. The van der Waals surface area contributed by atoms with Crippen LogP contribution in [0.1, 0.15) is 25.7 Å². The SMILES string of the molecule is NC(=S)C1(C(=O)Nc2cc(Br)ccc2Br)CCCC1. The average molecular weight is 406 g/mol. The molecule has 0 spiro atoms. The van der Waals surface area contributed by atoms with E-state index >= 15 is 0 Å². The molecule has 1 aromatic rings. The second kappa shape index (κ2) is 5.89. The minimum Gasteiger partial charge on any atom is -0.392 e. The first-order valence-corrected chi connectivity index (χ1v) is 8.01. The highest BCUT2D eigenvalue weighted by Gasteiger charge is 2.44. The van der Waals surface area contributed by atoms with E-state index in [9.17, 15) is 4.79 Å². The lowest BCUT2D eigenvalue weighted by molar-refractivity contribution is -0.122. The molecule has 19 heavy (non-hydrogen) atoms. The molecule has 0 heterocycles. The minimum absolute atomic E-state index is 0.101. The van der Waals surface area contributed by atoms with Gasteiger partial charge in [0.25, 0.3) is 0 Å². The van der Waals surface area contributed by atoms with Crippen LogP contribution in [-0.4, -0.2) is 10.9 Å². The Morgan fingerprint density at radius 1 is 1.32 bits per heavy atom. The fourth-order valence-electron chi connectivity index (χ4n) is 2.40. The van der Waals surface area contributed by atoms with E-state index in [0.717, 1.165) is 40.3 Å². The van der Waals surface area contributed by atoms with Crippen molar-refractivity contribution in [1.29, 1.82) is 0 Å². The monoisotopic (exact) mass is 404 g/mol. The number of carbonyl (C=O) groups is 1. The molecule has 3 N–H and O–H groups in total. The number of thiocarbonyl (C=S) groups is 1. The Balaban J connectivity index is 2.25. The van der Waals surface area contributed by atoms with Gasteiger partial charge in [-0.2, -0.15) is 0 Å². The van der Waals surface area contributed by atoms with E-state index < -0.39 is 5.41 Å². The Bertz CT molecular complexity index is 527. The summed E-state index contributed by atoms with van der Waals surface area (Å²) in [6.07, 6.45) is 3.45. The summed E-state index contributed by atoms with van der Waals surface area (Å²) in [7, 11) is 0. The number of halogens is 2. The Morgan fingerprint density at radius 3 is 2.53 bits per heavy atom. The summed E-state index contributed by atoms with van der Waals surface area (Å²) in [6.45, 7) is 0. The highest BCUT2D eigenvalue weighted by Crippen LogP contribution is 2.40. The van der Waals surface area contributed by atoms with Crippen LogP contribution in [0.25, 0.3) is 0 Å². The molecule has 0 atom stereocenters. The Hall–Kier alpha value is -0.460.